The number of β-amino-alcohol motifs (C(OH)–C–C–N with tert-alkyl or cyclic N) is 1. The lowest BCUT2D eigenvalue weighted by atomic mass is 9.42. The van der Waals surface area contributed by atoms with E-state index in [1.165, 1.54) is 24.8 Å². The van der Waals surface area contributed by atoms with E-state index in [-0.39, 0.29) is 28.8 Å². The molecule has 1 aliphatic heterocycles. The minimum Gasteiger partial charge on any atom is -0.497 e. The summed E-state index contributed by atoms with van der Waals surface area (Å²) in [5.74, 6) is 2.58. The summed E-state index contributed by atoms with van der Waals surface area (Å²) in [6, 6.07) is 8.57. The van der Waals surface area contributed by atoms with Crippen molar-refractivity contribution in [3.8, 4) is 5.75 Å². The molecular weight excluding hydrogens is 352 g/mol. The van der Waals surface area contributed by atoms with Crippen LogP contribution in [-0.4, -0.2) is 43.9 Å². The minimum absolute atomic E-state index is 0.133. The lowest BCUT2D eigenvalue weighted by molar-refractivity contribution is -0.149. The third-order valence-corrected chi connectivity index (χ3v) is 8.07. The number of hydrogen-bond acceptors (Lipinski definition) is 4. The maximum atomic E-state index is 13.4. The molecule has 0 aromatic heterocycles. The first kappa shape index (κ1) is 18.4. The maximum Gasteiger partial charge on any atom is 0.226 e. The normalized spacial score (nSPS) is 41.2. The quantitative estimate of drug-likeness (QED) is 0.728. The summed E-state index contributed by atoms with van der Waals surface area (Å²) >= 11 is 0. The molecule has 5 fully saturated rings. The average molecular weight is 385 g/mol. The monoisotopic (exact) mass is 384 g/mol. The molecule has 152 valence electrons. The number of rotatable bonds is 5. The molecule has 4 atom stereocenters. The molecule has 28 heavy (non-hydrogen) atoms. The van der Waals surface area contributed by atoms with Crippen LogP contribution in [0.3, 0.4) is 0 Å². The Labute approximate surface area is 167 Å². The van der Waals surface area contributed by atoms with Crippen molar-refractivity contribution in [1.82, 2.24) is 10.6 Å². The third kappa shape index (κ3) is 2.94. The summed E-state index contributed by atoms with van der Waals surface area (Å²) in [6.07, 6.45) is 6.43. The van der Waals surface area contributed by atoms with E-state index in [2.05, 4.69) is 34.9 Å². The molecule has 4 saturated carbocycles. The van der Waals surface area contributed by atoms with Gasteiger partial charge in [-0.15, -0.1) is 0 Å². The zero-order valence-electron chi connectivity index (χ0n) is 16.7. The van der Waals surface area contributed by atoms with Crippen molar-refractivity contribution in [3.05, 3.63) is 29.8 Å². The van der Waals surface area contributed by atoms with Gasteiger partial charge in [0, 0.05) is 25.6 Å². The van der Waals surface area contributed by atoms with Gasteiger partial charge >= 0.3 is 0 Å². The van der Waals surface area contributed by atoms with E-state index in [9.17, 15) is 9.90 Å². The molecule has 1 aromatic carbocycles. The fraction of sp³-hybridized carbons (Fsp3) is 0.696. The van der Waals surface area contributed by atoms with Gasteiger partial charge in [-0.1, -0.05) is 12.1 Å². The standard InChI is InChI=1S/C23H32N2O3/c1-28-19-4-2-18(3-5-19)22-7-15-6-16(8-22)10-23(9-15,14-22)21(27)25-12-17-11-24-13-20(17)26/h2-5,15-17,20,24,26H,6-14H2,1H3,(H,25,27). The minimum atomic E-state index is -0.345. The van der Waals surface area contributed by atoms with E-state index < -0.39 is 0 Å². The number of amides is 1. The SMILES string of the molecule is COc1ccc(C23CC4CC(CC(C(=O)NCC5CNCC5O)(C4)C2)C3)cc1. The van der Waals surface area contributed by atoms with Crippen molar-refractivity contribution >= 4 is 5.91 Å². The highest BCUT2D eigenvalue weighted by Gasteiger charge is 2.60. The third-order valence-electron chi connectivity index (χ3n) is 8.07. The van der Waals surface area contributed by atoms with Crippen LogP contribution >= 0.6 is 0 Å². The van der Waals surface area contributed by atoms with Crippen LogP contribution in [0.15, 0.2) is 24.3 Å². The highest BCUT2D eigenvalue weighted by Crippen LogP contribution is 2.65. The van der Waals surface area contributed by atoms with Gasteiger partial charge < -0.3 is 20.5 Å². The average Bonchev–Trinajstić information content (AvgIpc) is 3.10. The second-order valence-electron chi connectivity index (χ2n) is 9.95. The van der Waals surface area contributed by atoms with Crippen molar-refractivity contribution < 1.29 is 14.6 Å². The van der Waals surface area contributed by atoms with Gasteiger partial charge in [-0.25, -0.2) is 0 Å². The van der Waals surface area contributed by atoms with E-state index >= 15 is 0 Å². The molecule has 5 nitrogen and oxygen atoms in total. The molecule has 1 saturated heterocycles. The number of ether oxygens (including phenoxy) is 1. The summed E-state index contributed by atoms with van der Waals surface area (Å²) in [5, 5.41) is 16.5. The molecule has 4 unspecified atom stereocenters. The van der Waals surface area contributed by atoms with Gasteiger partial charge in [-0.3, -0.25) is 4.79 Å². The Morgan fingerprint density at radius 2 is 1.89 bits per heavy atom. The van der Waals surface area contributed by atoms with E-state index in [1.54, 1.807) is 7.11 Å². The molecule has 0 radical (unpaired) electrons. The van der Waals surface area contributed by atoms with Crippen molar-refractivity contribution in [2.75, 3.05) is 26.7 Å². The van der Waals surface area contributed by atoms with Crippen molar-refractivity contribution in [2.45, 2.75) is 50.0 Å². The molecule has 6 rings (SSSR count). The number of aliphatic hydroxyl groups excluding tert-OH is 1. The number of hydrogen-bond donors (Lipinski definition) is 3. The molecule has 5 heteroatoms. The highest BCUT2D eigenvalue weighted by atomic mass is 16.5. The first-order valence-corrected chi connectivity index (χ1v) is 10.8. The van der Waals surface area contributed by atoms with Crippen LogP contribution in [0.2, 0.25) is 0 Å². The molecule has 1 amide bonds. The van der Waals surface area contributed by atoms with E-state index in [0.29, 0.717) is 24.9 Å². The smallest absolute Gasteiger partial charge is 0.226 e. The molecule has 5 aliphatic rings. The van der Waals surface area contributed by atoms with Crippen LogP contribution in [0, 0.1) is 23.2 Å². The Morgan fingerprint density at radius 3 is 2.50 bits per heavy atom. The van der Waals surface area contributed by atoms with Gasteiger partial charge in [-0.05, 0) is 73.5 Å². The number of nitrogens with one attached hydrogen (secondary N) is 2. The van der Waals surface area contributed by atoms with Gasteiger partial charge in [0.05, 0.1) is 18.6 Å². The summed E-state index contributed by atoms with van der Waals surface area (Å²) in [5.41, 5.74) is 1.30. The fourth-order valence-electron chi connectivity index (χ4n) is 7.15. The van der Waals surface area contributed by atoms with Crippen LogP contribution in [-0.2, 0) is 10.2 Å². The first-order chi connectivity index (χ1) is 13.5. The summed E-state index contributed by atoms with van der Waals surface area (Å²) in [7, 11) is 1.70. The van der Waals surface area contributed by atoms with Crippen molar-refractivity contribution in [1.29, 1.82) is 0 Å². The maximum absolute atomic E-state index is 13.4. The van der Waals surface area contributed by atoms with E-state index in [4.69, 9.17) is 4.74 Å². The van der Waals surface area contributed by atoms with Crippen LogP contribution in [0.1, 0.15) is 44.1 Å². The van der Waals surface area contributed by atoms with Gasteiger partial charge in [0.2, 0.25) is 5.91 Å². The molecule has 4 bridgehead atoms. The Kier molecular flexibility index (Phi) is 4.44. The summed E-state index contributed by atoms with van der Waals surface area (Å²) in [6.45, 7) is 2.01. The van der Waals surface area contributed by atoms with E-state index in [1.807, 2.05) is 0 Å². The van der Waals surface area contributed by atoms with E-state index in [0.717, 1.165) is 31.6 Å². The predicted octanol–water partition coefficient (Wildman–Crippen LogP) is 2.23. The Hall–Kier alpha value is -1.59. The lowest BCUT2D eigenvalue weighted by Crippen LogP contribution is -2.59. The Morgan fingerprint density at radius 1 is 1.18 bits per heavy atom. The van der Waals surface area contributed by atoms with Crippen LogP contribution in [0.25, 0.3) is 0 Å². The predicted molar refractivity (Wildman–Crippen MR) is 107 cm³/mol. The molecular formula is C23H32N2O3. The topological polar surface area (TPSA) is 70.6 Å². The number of carbonyl (C=O) groups excluding carboxylic acids is 1. The second kappa shape index (κ2) is 6.74. The number of aliphatic hydroxyl groups is 1. The zero-order chi connectivity index (χ0) is 19.4. The van der Waals surface area contributed by atoms with Gasteiger partial charge in [-0.2, -0.15) is 0 Å². The lowest BCUT2D eigenvalue weighted by Gasteiger charge is -2.61. The first-order valence-electron chi connectivity index (χ1n) is 10.8. The van der Waals surface area contributed by atoms with Gasteiger partial charge in [0.1, 0.15) is 5.75 Å². The van der Waals surface area contributed by atoms with Gasteiger partial charge in [0.15, 0.2) is 0 Å². The zero-order valence-corrected chi connectivity index (χ0v) is 16.7. The number of benzene rings is 1. The number of carbonyl (C=O) groups is 1. The van der Waals surface area contributed by atoms with Gasteiger partial charge in [0.25, 0.3) is 0 Å². The number of methoxy groups -OCH3 is 1. The summed E-state index contributed by atoms with van der Waals surface area (Å²) in [4.78, 5) is 13.4. The van der Waals surface area contributed by atoms with Crippen LogP contribution in [0.4, 0.5) is 0 Å². The van der Waals surface area contributed by atoms with Crippen molar-refractivity contribution in [3.63, 3.8) is 0 Å². The fourth-order valence-corrected chi connectivity index (χ4v) is 7.15. The van der Waals surface area contributed by atoms with Crippen molar-refractivity contribution in [2.24, 2.45) is 23.2 Å². The Balaban J connectivity index is 1.37. The van der Waals surface area contributed by atoms with Crippen LogP contribution < -0.4 is 15.4 Å². The Bertz CT molecular complexity index is 733. The molecule has 3 N–H and O–H groups in total. The molecule has 4 aliphatic carbocycles. The largest absolute Gasteiger partial charge is 0.497 e. The molecule has 1 aromatic rings. The molecule has 1 heterocycles. The molecule has 0 spiro atoms. The van der Waals surface area contributed by atoms with Crippen LogP contribution in [0.5, 0.6) is 5.75 Å². The second-order valence-corrected chi connectivity index (χ2v) is 9.95. The summed E-state index contributed by atoms with van der Waals surface area (Å²) < 4.78 is 5.35. The highest BCUT2D eigenvalue weighted by molar-refractivity contribution is 5.83.